The zero-order chi connectivity index (χ0) is 17.0. The number of nitrogens with zero attached hydrogens (tertiary/aromatic N) is 3. The number of para-hydroxylation sites is 1. The van der Waals surface area contributed by atoms with Crippen molar-refractivity contribution in [2.75, 3.05) is 6.54 Å². The van der Waals surface area contributed by atoms with Crippen molar-refractivity contribution in [2.24, 2.45) is 7.05 Å². The average molecular weight is 323 g/mol. The molecule has 1 fully saturated rings. The fourth-order valence-electron chi connectivity index (χ4n) is 4.25. The number of carbonyl (C=O) groups is 1. The number of benzene rings is 1. The molecule has 0 saturated carbocycles. The molecule has 0 N–H and O–H groups in total. The van der Waals surface area contributed by atoms with E-state index >= 15 is 0 Å². The van der Waals surface area contributed by atoms with Crippen LogP contribution in [-0.2, 0) is 7.05 Å². The normalized spacial score (nSPS) is 18.4. The summed E-state index contributed by atoms with van der Waals surface area (Å²) in [5.74, 6) is 0.165. The predicted molar refractivity (Wildman–Crippen MR) is 98.5 cm³/mol. The second-order valence-corrected chi connectivity index (χ2v) is 7.29. The van der Waals surface area contributed by atoms with Crippen molar-refractivity contribution in [3.05, 3.63) is 36.0 Å². The van der Waals surface area contributed by atoms with E-state index in [2.05, 4.69) is 60.2 Å². The van der Waals surface area contributed by atoms with Crippen LogP contribution in [0.2, 0.25) is 0 Å². The van der Waals surface area contributed by atoms with E-state index in [0.29, 0.717) is 12.1 Å². The number of hydrogen-bond donors (Lipinski definition) is 0. The van der Waals surface area contributed by atoms with Crippen LogP contribution in [0, 0.1) is 0 Å². The lowest BCUT2D eigenvalue weighted by Crippen LogP contribution is -2.34. The lowest BCUT2D eigenvalue weighted by molar-refractivity contribution is 0.0738. The third-order valence-corrected chi connectivity index (χ3v) is 5.44. The SMILES string of the molecule is CC1CCCN1C(=O)c1cc2c(c3ccccc3n2C(C)C)n1C. The van der Waals surface area contributed by atoms with Crippen LogP contribution in [0.4, 0.5) is 0 Å². The Morgan fingerprint density at radius 1 is 1.21 bits per heavy atom. The molecule has 1 amide bonds. The molecular formula is C20H25N3O. The maximum absolute atomic E-state index is 13.1. The van der Waals surface area contributed by atoms with Crippen molar-refractivity contribution in [1.29, 1.82) is 0 Å². The number of rotatable bonds is 2. The monoisotopic (exact) mass is 323 g/mol. The summed E-state index contributed by atoms with van der Waals surface area (Å²) in [5, 5.41) is 1.22. The molecule has 4 nitrogen and oxygen atoms in total. The van der Waals surface area contributed by atoms with Gasteiger partial charge in [0.2, 0.25) is 0 Å². The van der Waals surface area contributed by atoms with Crippen LogP contribution in [0.5, 0.6) is 0 Å². The summed E-state index contributed by atoms with van der Waals surface area (Å²) < 4.78 is 4.43. The van der Waals surface area contributed by atoms with E-state index in [-0.39, 0.29) is 5.91 Å². The highest BCUT2D eigenvalue weighted by molar-refractivity contribution is 6.10. The van der Waals surface area contributed by atoms with E-state index in [1.165, 1.54) is 10.9 Å². The smallest absolute Gasteiger partial charge is 0.270 e. The summed E-state index contributed by atoms with van der Waals surface area (Å²) in [6, 6.07) is 11.3. The minimum absolute atomic E-state index is 0.165. The minimum atomic E-state index is 0.165. The van der Waals surface area contributed by atoms with Crippen molar-refractivity contribution in [2.45, 2.75) is 45.7 Å². The van der Waals surface area contributed by atoms with Gasteiger partial charge in [-0.25, -0.2) is 0 Å². The Bertz CT molecular complexity index is 931. The van der Waals surface area contributed by atoms with Crippen LogP contribution in [0.25, 0.3) is 21.9 Å². The second-order valence-electron chi connectivity index (χ2n) is 7.29. The molecule has 1 atom stereocenters. The van der Waals surface area contributed by atoms with Crippen LogP contribution in [-0.4, -0.2) is 32.5 Å². The number of fused-ring (bicyclic) bond motifs is 3. The van der Waals surface area contributed by atoms with E-state index < -0.39 is 0 Å². The first kappa shape index (κ1) is 15.3. The summed E-state index contributed by atoms with van der Waals surface area (Å²) in [4.78, 5) is 15.1. The van der Waals surface area contributed by atoms with E-state index in [4.69, 9.17) is 0 Å². The van der Waals surface area contributed by atoms with Crippen LogP contribution < -0.4 is 0 Å². The Kier molecular flexibility index (Phi) is 3.44. The van der Waals surface area contributed by atoms with Gasteiger partial charge in [0.05, 0.1) is 16.6 Å². The number of carbonyl (C=O) groups excluding carboxylic acids is 1. The second kappa shape index (κ2) is 5.40. The van der Waals surface area contributed by atoms with Gasteiger partial charge in [0.15, 0.2) is 0 Å². The Balaban J connectivity index is 1.95. The quantitative estimate of drug-likeness (QED) is 0.690. The van der Waals surface area contributed by atoms with E-state index in [1.54, 1.807) is 0 Å². The Labute approximate surface area is 142 Å². The third kappa shape index (κ3) is 2.02. The highest BCUT2D eigenvalue weighted by Gasteiger charge is 2.29. The van der Waals surface area contributed by atoms with Crippen LogP contribution >= 0.6 is 0 Å². The fourth-order valence-corrected chi connectivity index (χ4v) is 4.25. The van der Waals surface area contributed by atoms with Crippen LogP contribution in [0.1, 0.15) is 50.1 Å². The maximum atomic E-state index is 13.1. The van der Waals surface area contributed by atoms with Gasteiger partial charge in [0.25, 0.3) is 5.91 Å². The molecule has 1 aliphatic rings. The van der Waals surface area contributed by atoms with Crippen molar-refractivity contribution < 1.29 is 4.79 Å². The van der Waals surface area contributed by atoms with Gasteiger partial charge in [0.1, 0.15) is 5.69 Å². The molecule has 4 heteroatoms. The molecule has 0 aliphatic carbocycles. The Hall–Kier alpha value is -2.23. The van der Waals surface area contributed by atoms with Gasteiger partial charge in [0, 0.05) is 31.1 Å². The van der Waals surface area contributed by atoms with Crippen molar-refractivity contribution in [1.82, 2.24) is 14.0 Å². The molecule has 4 rings (SSSR count). The number of hydrogen-bond acceptors (Lipinski definition) is 1. The lowest BCUT2D eigenvalue weighted by atomic mass is 10.2. The summed E-state index contributed by atoms with van der Waals surface area (Å²) in [6.45, 7) is 7.42. The van der Waals surface area contributed by atoms with Gasteiger partial charge in [-0.3, -0.25) is 4.79 Å². The van der Waals surface area contributed by atoms with Crippen LogP contribution in [0.15, 0.2) is 30.3 Å². The molecule has 1 aliphatic heterocycles. The Morgan fingerprint density at radius 3 is 2.62 bits per heavy atom. The number of aromatic nitrogens is 2. The van der Waals surface area contributed by atoms with E-state index in [0.717, 1.165) is 36.1 Å². The number of amides is 1. The molecule has 1 unspecified atom stereocenters. The highest BCUT2D eigenvalue weighted by Crippen LogP contribution is 2.34. The maximum Gasteiger partial charge on any atom is 0.270 e. The molecule has 3 aromatic rings. The van der Waals surface area contributed by atoms with Crippen molar-refractivity contribution >= 4 is 27.8 Å². The van der Waals surface area contributed by atoms with Crippen molar-refractivity contribution in [3.63, 3.8) is 0 Å². The van der Waals surface area contributed by atoms with Gasteiger partial charge in [-0.05, 0) is 45.7 Å². The summed E-state index contributed by atoms with van der Waals surface area (Å²) in [5.41, 5.74) is 4.36. The zero-order valence-electron chi connectivity index (χ0n) is 14.9. The lowest BCUT2D eigenvalue weighted by Gasteiger charge is -2.21. The first-order valence-corrected chi connectivity index (χ1v) is 8.90. The summed E-state index contributed by atoms with van der Waals surface area (Å²) in [6.07, 6.45) is 2.22. The van der Waals surface area contributed by atoms with Crippen LogP contribution in [0.3, 0.4) is 0 Å². The largest absolute Gasteiger partial charge is 0.338 e. The van der Waals surface area contributed by atoms with Gasteiger partial charge >= 0.3 is 0 Å². The molecule has 24 heavy (non-hydrogen) atoms. The number of likely N-dealkylation sites (tertiary alicyclic amines) is 1. The first-order chi connectivity index (χ1) is 11.5. The molecule has 126 valence electrons. The van der Waals surface area contributed by atoms with Gasteiger partial charge in [-0.2, -0.15) is 0 Å². The topological polar surface area (TPSA) is 30.2 Å². The van der Waals surface area contributed by atoms with E-state index in [1.807, 2.05) is 11.9 Å². The van der Waals surface area contributed by atoms with Crippen molar-refractivity contribution in [3.8, 4) is 0 Å². The molecule has 2 aromatic heterocycles. The Morgan fingerprint density at radius 2 is 1.96 bits per heavy atom. The van der Waals surface area contributed by atoms with Gasteiger partial charge in [-0.15, -0.1) is 0 Å². The molecular weight excluding hydrogens is 298 g/mol. The standard InChI is InChI=1S/C20H25N3O/c1-13(2)23-16-10-6-5-9-15(16)19-17(23)12-18(21(19)4)20(24)22-11-7-8-14(22)3/h5-6,9-10,12-14H,7-8,11H2,1-4H3. The first-order valence-electron chi connectivity index (χ1n) is 8.90. The molecule has 3 heterocycles. The molecule has 1 aromatic carbocycles. The molecule has 0 spiro atoms. The minimum Gasteiger partial charge on any atom is -0.338 e. The van der Waals surface area contributed by atoms with Gasteiger partial charge in [-0.1, -0.05) is 18.2 Å². The fraction of sp³-hybridized carbons (Fsp3) is 0.450. The molecule has 0 radical (unpaired) electrons. The van der Waals surface area contributed by atoms with Gasteiger partial charge < -0.3 is 14.0 Å². The third-order valence-electron chi connectivity index (χ3n) is 5.44. The average Bonchev–Trinajstić information content (AvgIpc) is 3.20. The summed E-state index contributed by atoms with van der Waals surface area (Å²) >= 11 is 0. The molecule has 1 saturated heterocycles. The molecule has 0 bridgehead atoms. The number of aryl methyl sites for hydroxylation is 1. The predicted octanol–water partition coefficient (Wildman–Crippen LogP) is 4.34. The highest BCUT2D eigenvalue weighted by atomic mass is 16.2. The zero-order valence-corrected chi connectivity index (χ0v) is 14.9. The van der Waals surface area contributed by atoms with E-state index in [9.17, 15) is 4.79 Å². The summed E-state index contributed by atoms with van der Waals surface area (Å²) in [7, 11) is 2.02.